The van der Waals surface area contributed by atoms with Crippen LogP contribution >= 0.6 is 0 Å². The third-order valence-electron chi connectivity index (χ3n) is 7.23. The average molecular weight is 615 g/mol. The van der Waals surface area contributed by atoms with Gasteiger partial charge in [0.15, 0.2) is 6.04 Å². The van der Waals surface area contributed by atoms with Crippen LogP contribution in [0.3, 0.4) is 0 Å². The SMILES string of the molecule is CC(C)C[C@H](NC(=O)[C@H](Cc1cnc[nH]1)NC(=O)[C@@H](NC1(C)O[C@H](CO)[C@@H](O)[C@@H]1O)C(C)C)C(=O)N[C@H](C(=O)O)[C@@H](C)O. The minimum Gasteiger partial charge on any atom is -0.480 e. The first-order valence-corrected chi connectivity index (χ1v) is 14.2. The van der Waals surface area contributed by atoms with Crippen molar-refractivity contribution in [3.63, 3.8) is 0 Å². The van der Waals surface area contributed by atoms with Gasteiger partial charge in [-0.25, -0.2) is 9.78 Å². The number of aliphatic carboxylic acids is 1. The third-order valence-corrected chi connectivity index (χ3v) is 7.23. The van der Waals surface area contributed by atoms with Gasteiger partial charge in [-0.1, -0.05) is 27.7 Å². The van der Waals surface area contributed by atoms with E-state index in [9.17, 15) is 44.7 Å². The molecule has 43 heavy (non-hydrogen) atoms. The Labute approximate surface area is 250 Å². The summed E-state index contributed by atoms with van der Waals surface area (Å²) in [5.74, 6) is -4.16. The van der Waals surface area contributed by atoms with Crippen LogP contribution in [-0.2, 0) is 30.3 Å². The van der Waals surface area contributed by atoms with Crippen molar-refractivity contribution in [1.82, 2.24) is 31.2 Å². The first-order chi connectivity index (χ1) is 20.0. The first-order valence-electron chi connectivity index (χ1n) is 14.2. The zero-order valence-corrected chi connectivity index (χ0v) is 25.3. The minimum absolute atomic E-state index is 0.0501. The predicted octanol–water partition coefficient (Wildman–Crippen LogP) is -2.64. The van der Waals surface area contributed by atoms with Crippen LogP contribution in [0.2, 0.25) is 0 Å². The van der Waals surface area contributed by atoms with Gasteiger partial charge in [0.1, 0.15) is 36.1 Å². The first kappa shape index (κ1) is 36.0. The maximum Gasteiger partial charge on any atom is 0.328 e. The molecule has 0 spiro atoms. The normalized spacial score (nSPS) is 25.5. The number of aliphatic hydroxyl groups is 4. The molecule has 0 bridgehead atoms. The molecular formula is C27H46N6O10. The number of aromatic amines is 1. The zero-order chi connectivity index (χ0) is 32.6. The fourth-order valence-electron chi connectivity index (χ4n) is 4.80. The Morgan fingerprint density at radius 3 is 2.07 bits per heavy atom. The number of nitrogens with zero attached hydrogens (tertiary/aromatic N) is 1. The van der Waals surface area contributed by atoms with Crippen LogP contribution in [0.1, 0.15) is 53.7 Å². The van der Waals surface area contributed by atoms with E-state index in [0.29, 0.717) is 5.69 Å². The van der Waals surface area contributed by atoms with E-state index in [4.69, 9.17) is 4.74 Å². The minimum atomic E-state index is -1.61. The van der Waals surface area contributed by atoms with Gasteiger partial charge in [-0.05, 0) is 32.1 Å². The van der Waals surface area contributed by atoms with E-state index >= 15 is 0 Å². The highest BCUT2D eigenvalue weighted by molar-refractivity contribution is 5.94. The van der Waals surface area contributed by atoms with E-state index in [2.05, 4.69) is 31.2 Å². The van der Waals surface area contributed by atoms with Crippen LogP contribution in [0.25, 0.3) is 0 Å². The van der Waals surface area contributed by atoms with Crippen molar-refractivity contribution in [2.24, 2.45) is 11.8 Å². The molecule has 0 aliphatic carbocycles. The number of aromatic nitrogens is 2. The molecule has 1 unspecified atom stereocenters. The van der Waals surface area contributed by atoms with Crippen molar-refractivity contribution >= 4 is 23.7 Å². The summed E-state index contributed by atoms with van der Waals surface area (Å²) in [7, 11) is 0. The molecule has 1 aliphatic rings. The molecule has 1 fully saturated rings. The number of H-pyrrole nitrogens is 1. The predicted molar refractivity (Wildman–Crippen MR) is 151 cm³/mol. The number of imidazole rings is 1. The van der Waals surface area contributed by atoms with Crippen molar-refractivity contribution in [1.29, 1.82) is 0 Å². The molecule has 9 atom stereocenters. The molecule has 0 aromatic carbocycles. The van der Waals surface area contributed by atoms with E-state index in [0.717, 1.165) is 0 Å². The van der Waals surface area contributed by atoms with Crippen LogP contribution in [-0.4, -0.2) is 120 Å². The summed E-state index contributed by atoms with van der Waals surface area (Å²) in [5, 5.41) is 59.9. The van der Waals surface area contributed by atoms with Crippen molar-refractivity contribution in [2.45, 2.75) is 109 Å². The number of hydrogen-bond acceptors (Lipinski definition) is 11. The molecule has 1 aliphatic heterocycles. The number of ether oxygens (including phenoxy) is 1. The van der Waals surface area contributed by atoms with Crippen molar-refractivity contribution in [3.8, 4) is 0 Å². The number of carbonyl (C=O) groups is 4. The molecule has 244 valence electrons. The van der Waals surface area contributed by atoms with Gasteiger partial charge in [0, 0.05) is 18.3 Å². The topological polar surface area (TPSA) is 255 Å². The number of carboxylic acids is 1. The number of aliphatic hydroxyl groups excluding tert-OH is 4. The van der Waals surface area contributed by atoms with Gasteiger partial charge in [-0.3, -0.25) is 19.7 Å². The van der Waals surface area contributed by atoms with E-state index < -0.39 is 90.5 Å². The molecule has 16 nitrogen and oxygen atoms in total. The highest BCUT2D eigenvalue weighted by atomic mass is 16.6. The molecule has 0 saturated carbocycles. The van der Waals surface area contributed by atoms with Crippen molar-refractivity contribution < 1.29 is 49.4 Å². The Bertz CT molecular complexity index is 1080. The molecular weight excluding hydrogens is 568 g/mol. The highest BCUT2D eigenvalue weighted by Gasteiger charge is 2.52. The Morgan fingerprint density at radius 1 is 1.00 bits per heavy atom. The Balaban J connectivity index is 2.29. The fourth-order valence-corrected chi connectivity index (χ4v) is 4.80. The Hall–Kier alpha value is -3.15. The number of carbonyl (C=O) groups excluding carboxylic acids is 3. The Kier molecular flexibility index (Phi) is 13.0. The molecule has 1 saturated heterocycles. The summed E-state index contributed by atoms with van der Waals surface area (Å²) in [6.07, 6.45) is -2.43. The summed E-state index contributed by atoms with van der Waals surface area (Å²) < 4.78 is 5.63. The van der Waals surface area contributed by atoms with Crippen LogP contribution in [0.15, 0.2) is 12.5 Å². The summed E-state index contributed by atoms with van der Waals surface area (Å²) >= 11 is 0. The zero-order valence-electron chi connectivity index (χ0n) is 25.3. The molecule has 2 rings (SSSR count). The van der Waals surface area contributed by atoms with Gasteiger partial charge < -0.3 is 51.2 Å². The third kappa shape index (κ3) is 9.67. The lowest BCUT2D eigenvalue weighted by molar-refractivity contribution is -0.145. The molecule has 0 radical (unpaired) electrons. The van der Waals surface area contributed by atoms with Gasteiger partial charge in [0.2, 0.25) is 17.7 Å². The van der Waals surface area contributed by atoms with Gasteiger partial charge >= 0.3 is 5.97 Å². The van der Waals surface area contributed by atoms with Crippen LogP contribution in [0.5, 0.6) is 0 Å². The van der Waals surface area contributed by atoms with E-state index in [1.165, 1.54) is 26.4 Å². The van der Waals surface area contributed by atoms with Gasteiger partial charge in [0.25, 0.3) is 0 Å². The molecule has 3 amide bonds. The second-order valence-electron chi connectivity index (χ2n) is 11.8. The second-order valence-corrected chi connectivity index (χ2v) is 11.8. The summed E-state index contributed by atoms with van der Waals surface area (Å²) in [6.45, 7) is 9.13. The van der Waals surface area contributed by atoms with Crippen molar-refractivity contribution in [2.75, 3.05) is 6.61 Å². The smallest absolute Gasteiger partial charge is 0.328 e. The monoisotopic (exact) mass is 614 g/mol. The van der Waals surface area contributed by atoms with Crippen LogP contribution in [0, 0.1) is 11.8 Å². The molecule has 2 heterocycles. The van der Waals surface area contributed by atoms with Crippen LogP contribution in [0.4, 0.5) is 0 Å². The summed E-state index contributed by atoms with van der Waals surface area (Å²) in [5.41, 5.74) is -1.11. The largest absolute Gasteiger partial charge is 0.480 e. The Morgan fingerprint density at radius 2 is 1.60 bits per heavy atom. The molecule has 10 N–H and O–H groups in total. The average Bonchev–Trinajstić information content (AvgIpc) is 3.50. The van der Waals surface area contributed by atoms with Crippen molar-refractivity contribution in [3.05, 3.63) is 18.2 Å². The number of carboxylic acid groups (broad SMARTS) is 1. The number of rotatable bonds is 16. The number of hydrogen-bond donors (Lipinski definition) is 10. The van der Waals surface area contributed by atoms with Crippen LogP contribution < -0.4 is 21.3 Å². The lowest BCUT2D eigenvalue weighted by atomic mass is 9.97. The highest BCUT2D eigenvalue weighted by Crippen LogP contribution is 2.30. The molecule has 1 aromatic rings. The van der Waals surface area contributed by atoms with E-state index in [1.54, 1.807) is 27.7 Å². The van der Waals surface area contributed by atoms with Gasteiger partial charge in [-0.2, -0.15) is 0 Å². The van der Waals surface area contributed by atoms with Gasteiger partial charge in [-0.15, -0.1) is 0 Å². The lowest BCUT2D eigenvalue weighted by Gasteiger charge is -2.35. The lowest BCUT2D eigenvalue weighted by Crippen LogP contribution is -2.63. The van der Waals surface area contributed by atoms with Gasteiger partial charge in [0.05, 0.1) is 25.1 Å². The number of amides is 3. The standard InChI is InChI=1S/C27H46N6O10/c1-12(2)7-16(24(39)32-20(14(5)35)26(41)42)30-23(38)17(8-15-9-28-11-29-15)31-25(40)19(13(3)4)33-27(6)22(37)21(36)18(10-34)43-27/h9,11-14,16-22,33-37H,7-8,10H2,1-6H3,(H,28,29)(H,30,38)(H,31,40)(H,32,39)(H,41,42)/t14-,16+,17+,18-,19+,20+,21-,22+,27?/m1/s1. The molecule has 1 aromatic heterocycles. The summed E-state index contributed by atoms with van der Waals surface area (Å²) in [6, 6.07) is -5.07. The maximum absolute atomic E-state index is 13.6. The van der Waals surface area contributed by atoms with E-state index in [-0.39, 0.29) is 18.8 Å². The number of nitrogens with one attached hydrogen (secondary N) is 5. The molecule has 16 heteroatoms. The van der Waals surface area contributed by atoms with E-state index in [1.807, 2.05) is 0 Å². The quantitative estimate of drug-likeness (QED) is 0.0917. The second kappa shape index (κ2) is 15.5. The fraction of sp³-hybridized carbons (Fsp3) is 0.741. The summed E-state index contributed by atoms with van der Waals surface area (Å²) in [4.78, 5) is 58.5. The maximum atomic E-state index is 13.6.